The highest BCUT2D eigenvalue weighted by Crippen LogP contribution is 2.46. The van der Waals surface area contributed by atoms with Gasteiger partial charge in [-0.15, -0.1) is 0 Å². The second kappa shape index (κ2) is 10.4. The summed E-state index contributed by atoms with van der Waals surface area (Å²) >= 11 is 0. The topological polar surface area (TPSA) is 112 Å². The molecule has 25 heavy (non-hydrogen) atoms. The van der Waals surface area contributed by atoms with E-state index in [0.29, 0.717) is 6.42 Å². The van der Waals surface area contributed by atoms with E-state index in [1.165, 1.54) is 31.2 Å². The van der Waals surface area contributed by atoms with Crippen LogP contribution >= 0.6 is 7.60 Å². The van der Waals surface area contributed by atoms with E-state index in [2.05, 4.69) is 6.92 Å². The molecule has 0 saturated carbocycles. The molecule has 1 rings (SSSR count). The Balaban J connectivity index is 2.44. The molecule has 0 heterocycles. The quantitative estimate of drug-likeness (QED) is 0.282. The van der Waals surface area contributed by atoms with Crippen LogP contribution in [0.4, 0.5) is 0 Å². The fourth-order valence-electron chi connectivity index (χ4n) is 2.78. The predicted molar refractivity (Wildman–Crippen MR) is 99.2 cm³/mol. The molecule has 1 atom stereocenters. The fourth-order valence-corrected chi connectivity index (χ4v) is 5.15. The Morgan fingerprint density at radius 1 is 0.920 bits per heavy atom. The van der Waals surface area contributed by atoms with E-state index in [0.717, 1.165) is 18.4 Å². The van der Waals surface area contributed by atoms with Crippen molar-refractivity contribution in [3.63, 3.8) is 0 Å². The van der Waals surface area contributed by atoms with E-state index in [-0.39, 0.29) is 12.8 Å². The monoisotopic (exact) mass is 392 g/mol. The Labute approximate surface area is 150 Å². The number of aryl methyl sites for hydroxylation is 2. The van der Waals surface area contributed by atoms with Gasteiger partial charge in [0.1, 0.15) is 0 Å². The third-order valence-corrected chi connectivity index (χ3v) is 7.78. The molecule has 1 aromatic carbocycles. The van der Waals surface area contributed by atoms with Gasteiger partial charge in [0.25, 0.3) is 10.1 Å². The van der Waals surface area contributed by atoms with Crippen LogP contribution in [0.5, 0.6) is 0 Å². The molecule has 0 fully saturated rings. The molecule has 0 radical (unpaired) electrons. The Morgan fingerprint density at radius 2 is 1.40 bits per heavy atom. The molecule has 0 aliphatic rings. The first-order valence-corrected chi connectivity index (χ1v) is 11.9. The average Bonchev–Trinajstić information content (AvgIpc) is 2.50. The van der Waals surface area contributed by atoms with Crippen molar-refractivity contribution in [1.29, 1.82) is 0 Å². The maximum absolute atomic E-state index is 11.2. The maximum atomic E-state index is 11.2. The van der Waals surface area contributed by atoms with Crippen LogP contribution in [0, 0.1) is 0 Å². The molecule has 6 nitrogen and oxygen atoms in total. The van der Waals surface area contributed by atoms with E-state index in [9.17, 15) is 13.0 Å². The smallest absolute Gasteiger partial charge is 0.323 e. The second-order valence-corrected chi connectivity index (χ2v) is 10.2. The van der Waals surface area contributed by atoms with Gasteiger partial charge in [-0.1, -0.05) is 56.9 Å². The largest absolute Gasteiger partial charge is 0.346 e. The van der Waals surface area contributed by atoms with Crippen LogP contribution in [0.2, 0.25) is 0 Å². The highest BCUT2D eigenvalue weighted by molar-refractivity contribution is 7.93. The van der Waals surface area contributed by atoms with Crippen molar-refractivity contribution in [3.05, 3.63) is 35.4 Å². The molecule has 0 aliphatic heterocycles. The van der Waals surface area contributed by atoms with Crippen molar-refractivity contribution >= 4 is 17.7 Å². The predicted octanol–water partition coefficient (Wildman–Crippen LogP) is 3.91. The summed E-state index contributed by atoms with van der Waals surface area (Å²) in [6, 6.07) is 8.00. The number of hydrogen-bond donors (Lipinski definition) is 3. The first-order chi connectivity index (χ1) is 11.6. The van der Waals surface area contributed by atoms with E-state index >= 15 is 0 Å². The zero-order valence-electron chi connectivity index (χ0n) is 14.7. The van der Waals surface area contributed by atoms with Gasteiger partial charge in [0.15, 0.2) is 4.99 Å². The van der Waals surface area contributed by atoms with Crippen LogP contribution in [-0.4, -0.2) is 27.7 Å². The Hall–Kier alpha value is -0.720. The summed E-state index contributed by atoms with van der Waals surface area (Å²) in [7, 11) is -9.65. The molecular weight excluding hydrogens is 363 g/mol. The van der Waals surface area contributed by atoms with Gasteiger partial charge in [-0.25, -0.2) is 0 Å². The van der Waals surface area contributed by atoms with Gasteiger partial charge in [-0.05, 0) is 43.2 Å². The van der Waals surface area contributed by atoms with Crippen LogP contribution < -0.4 is 0 Å². The molecule has 0 amide bonds. The van der Waals surface area contributed by atoms with Crippen molar-refractivity contribution in [3.8, 4) is 0 Å². The van der Waals surface area contributed by atoms with Gasteiger partial charge in [-0.3, -0.25) is 9.12 Å². The average molecular weight is 392 g/mol. The molecule has 144 valence electrons. The number of unbranched alkanes of at least 4 members (excludes halogenated alkanes) is 4. The SMILES string of the molecule is CCCCCCCc1ccc(CCCC(P(=O)(O)O)S(=O)(=O)O)cc1. The number of hydrogen-bond acceptors (Lipinski definition) is 3. The Kier molecular flexibility index (Phi) is 9.32. The maximum Gasteiger partial charge on any atom is 0.346 e. The van der Waals surface area contributed by atoms with Gasteiger partial charge in [-0.2, -0.15) is 8.42 Å². The molecule has 1 unspecified atom stereocenters. The third-order valence-electron chi connectivity index (χ3n) is 4.23. The van der Waals surface area contributed by atoms with E-state index in [1.807, 2.05) is 24.3 Å². The molecule has 0 aromatic heterocycles. The highest BCUT2D eigenvalue weighted by atomic mass is 32.2. The lowest BCUT2D eigenvalue weighted by atomic mass is 10.0. The molecule has 8 heteroatoms. The van der Waals surface area contributed by atoms with E-state index in [4.69, 9.17) is 14.3 Å². The van der Waals surface area contributed by atoms with Crippen LogP contribution in [-0.2, 0) is 27.5 Å². The molecule has 0 spiro atoms. The Morgan fingerprint density at radius 3 is 1.84 bits per heavy atom. The van der Waals surface area contributed by atoms with Gasteiger partial charge in [0.2, 0.25) is 0 Å². The summed E-state index contributed by atoms with van der Waals surface area (Å²) in [5.74, 6) is 0. The van der Waals surface area contributed by atoms with Crippen molar-refractivity contribution in [1.82, 2.24) is 0 Å². The van der Waals surface area contributed by atoms with Crippen molar-refractivity contribution in [2.24, 2.45) is 0 Å². The van der Waals surface area contributed by atoms with Crippen molar-refractivity contribution < 1.29 is 27.3 Å². The third kappa shape index (κ3) is 8.97. The molecular formula is C17H29O6PS. The summed E-state index contributed by atoms with van der Waals surface area (Å²) < 4.78 is 42.3. The summed E-state index contributed by atoms with van der Waals surface area (Å²) in [6.07, 6.45) is 7.70. The van der Waals surface area contributed by atoms with Gasteiger partial charge in [0.05, 0.1) is 0 Å². The van der Waals surface area contributed by atoms with Crippen LogP contribution in [0.15, 0.2) is 24.3 Å². The lowest BCUT2D eigenvalue weighted by Gasteiger charge is -2.15. The molecule has 3 N–H and O–H groups in total. The van der Waals surface area contributed by atoms with Crippen molar-refractivity contribution in [2.45, 2.75) is 69.7 Å². The summed E-state index contributed by atoms with van der Waals surface area (Å²) in [5.41, 5.74) is 2.24. The standard InChI is InChI=1S/C17H29O6PS/c1-2-3-4-5-6-8-15-11-13-16(14-12-15)9-7-10-17(24(18,19)20)25(21,22)23/h11-14,17H,2-10H2,1H3,(H2,18,19,20)(H,21,22,23). The minimum absolute atomic E-state index is 0.270. The lowest BCUT2D eigenvalue weighted by Crippen LogP contribution is -2.20. The van der Waals surface area contributed by atoms with Gasteiger partial charge >= 0.3 is 7.60 Å². The number of rotatable bonds is 12. The first-order valence-electron chi connectivity index (χ1n) is 8.74. The van der Waals surface area contributed by atoms with E-state index < -0.39 is 22.7 Å². The second-order valence-electron chi connectivity index (χ2n) is 6.43. The Bertz CT molecular complexity index is 650. The minimum Gasteiger partial charge on any atom is -0.323 e. The summed E-state index contributed by atoms with van der Waals surface area (Å²) in [6.45, 7) is 2.19. The normalized spacial score (nSPS) is 13.8. The van der Waals surface area contributed by atoms with Gasteiger partial charge in [0, 0.05) is 0 Å². The summed E-state index contributed by atoms with van der Waals surface area (Å²) in [5, 5.41) is 0. The number of benzene rings is 1. The minimum atomic E-state index is -4.89. The molecule has 0 bridgehead atoms. The molecule has 1 aromatic rings. The van der Waals surface area contributed by atoms with Crippen LogP contribution in [0.1, 0.15) is 63.0 Å². The zero-order valence-corrected chi connectivity index (χ0v) is 16.4. The summed E-state index contributed by atoms with van der Waals surface area (Å²) in [4.78, 5) is 16.1. The zero-order chi connectivity index (χ0) is 18.9. The van der Waals surface area contributed by atoms with Crippen molar-refractivity contribution in [2.75, 3.05) is 0 Å². The van der Waals surface area contributed by atoms with Gasteiger partial charge < -0.3 is 9.79 Å². The van der Waals surface area contributed by atoms with Crippen LogP contribution in [0.25, 0.3) is 0 Å². The molecule has 0 aliphatic carbocycles. The molecule has 0 saturated heterocycles. The fraction of sp³-hybridized carbons (Fsp3) is 0.647. The highest BCUT2D eigenvalue weighted by Gasteiger charge is 2.38. The van der Waals surface area contributed by atoms with Crippen LogP contribution in [0.3, 0.4) is 0 Å². The van der Waals surface area contributed by atoms with E-state index in [1.54, 1.807) is 0 Å². The first kappa shape index (κ1) is 22.3. The lowest BCUT2D eigenvalue weighted by molar-refractivity contribution is 0.360.